The van der Waals surface area contributed by atoms with Crippen molar-refractivity contribution in [3.63, 3.8) is 0 Å². The third-order valence-electron chi connectivity index (χ3n) is 4.26. The molecule has 2 aliphatic heterocycles. The van der Waals surface area contributed by atoms with Gasteiger partial charge in [-0.1, -0.05) is 6.92 Å². The van der Waals surface area contributed by atoms with Crippen molar-refractivity contribution in [3.05, 3.63) is 0 Å². The van der Waals surface area contributed by atoms with E-state index in [1.54, 1.807) is 0 Å². The second kappa shape index (κ2) is 4.81. The molecule has 0 aromatic carbocycles. The van der Waals surface area contributed by atoms with E-state index in [1.807, 2.05) is 0 Å². The first kappa shape index (κ1) is 11.4. The summed E-state index contributed by atoms with van der Waals surface area (Å²) >= 11 is 0. The van der Waals surface area contributed by atoms with E-state index in [2.05, 4.69) is 11.8 Å². The van der Waals surface area contributed by atoms with Gasteiger partial charge in [-0.3, -0.25) is 4.90 Å². The Bertz CT molecular complexity index is 194. The minimum atomic E-state index is 0.262. The number of likely N-dealkylation sites (tertiary alicyclic amines) is 1. The highest BCUT2D eigenvalue weighted by Crippen LogP contribution is 2.31. The molecule has 2 heterocycles. The predicted molar refractivity (Wildman–Crippen MR) is 61.8 cm³/mol. The lowest BCUT2D eigenvalue weighted by Crippen LogP contribution is -2.58. The van der Waals surface area contributed by atoms with Gasteiger partial charge in [-0.15, -0.1) is 0 Å². The van der Waals surface area contributed by atoms with Gasteiger partial charge in [-0.2, -0.15) is 0 Å². The number of ether oxygens (including phenoxy) is 1. The normalized spacial score (nSPS) is 29.2. The van der Waals surface area contributed by atoms with Crippen molar-refractivity contribution in [1.29, 1.82) is 0 Å². The van der Waals surface area contributed by atoms with Crippen molar-refractivity contribution in [2.24, 2.45) is 11.7 Å². The maximum atomic E-state index is 6.01. The molecule has 0 bridgehead atoms. The molecule has 0 aromatic rings. The van der Waals surface area contributed by atoms with Gasteiger partial charge in [0.25, 0.3) is 0 Å². The van der Waals surface area contributed by atoms with E-state index in [-0.39, 0.29) is 5.54 Å². The van der Waals surface area contributed by atoms with E-state index >= 15 is 0 Å². The van der Waals surface area contributed by atoms with E-state index < -0.39 is 0 Å². The minimum absolute atomic E-state index is 0.262. The quantitative estimate of drug-likeness (QED) is 0.748. The molecular formula is C12H24N2O. The monoisotopic (exact) mass is 212 g/mol. The zero-order valence-corrected chi connectivity index (χ0v) is 9.87. The highest BCUT2D eigenvalue weighted by Gasteiger charge is 2.38. The standard InChI is InChI=1S/C12H24N2O/c1-11-2-6-14(7-3-11)12(10-13)4-8-15-9-5-12/h11H,2-10,13H2,1H3. The number of rotatable bonds is 2. The molecule has 3 heteroatoms. The van der Waals surface area contributed by atoms with Gasteiger partial charge in [0.05, 0.1) is 0 Å². The summed E-state index contributed by atoms with van der Waals surface area (Å²) < 4.78 is 5.46. The first-order valence-electron chi connectivity index (χ1n) is 6.30. The summed E-state index contributed by atoms with van der Waals surface area (Å²) in [6.07, 6.45) is 4.92. The predicted octanol–water partition coefficient (Wildman–Crippen LogP) is 1.23. The fourth-order valence-electron chi connectivity index (χ4n) is 2.88. The molecule has 0 spiro atoms. The van der Waals surface area contributed by atoms with Crippen LogP contribution in [0.5, 0.6) is 0 Å². The summed E-state index contributed by atoms with van der Waals surface area (Å²) in [7, 11) is 0. The van der Waals surface area contributed by atoms with E-state index in [9.17, 15) is 0 Å². The van der Waals surface area contributed by atoms with E-state index in [4.69, 9.17) is 10.5 Å². The Morgan fingerprint density at radius 2 is 1.87 bits per heavy atom. The highest BCUT2D eigenvalue weighted by molar-refractivity contribution is 4.95. The molecule has 3 nitrogen and oxygen atoms in total. The average molecular weight is 212 g/mol. The van der Waals surface area contributed by atoms with Gasteiger partial charge < -0.3 is 10.5 Å². The Morgan fingerprint density at radius 1 is 1.27 bits per heavy atom. The van der Waals surface area contributed by atoms with Gasteiger partial charge in [-0.25, -0.2) is 0 Å². The summed E-state index contributed by atoms with van der Waals surface area (Å²) in [4.78, 5) is 2.63. The molecule has 0 atom stereocenters. The number of nitrogens with two attached hydrogens (primary N) is 1. The number of hydrogen-bond acceptors (Lipinski definition) is 3. The van der Waals surface area contributed by atoms with Crippen LogP contribution in [-0.4, -0.2) is 43.3 Å². The lowest BCUT2D eigenvalue weighted by molar-refractivity contribution is -0.0363. The van der Waals surface area contributed by atoms with E-state index in [1.165, 1.54) is 25.9 Å². The van der Waals surface area contributed by atoms with Gasteiger partial charge in [0, 0.05) is 25.3 Å². The van der Waals surface area contributed by atoms with Crippen molar-refractivity contribution >= 4 is 0 Å². The van der Waals surface area contributed by atoms with Crippen LogP contribution in [0, 0.1) is 5.92 Å². The van der Waals surface area contributed by atoms with Gasteiger partial charge in [0.15, 0.2) is 0 Å². The maximum Gasteiger partial charge on any atom is 0.0484 e. The molecule has 0 amide bonds. The van der Waals surface area contributed by atoms with Crippen LogP contribution in [0.1, 0.15) is 32.6 Å². The molecule has 2 fully saturated rings. The second-order valence-corrected chi connectivity index (χ2v) is 5.21. The average Bonchev–Trinajstić information content (AvgIpc) is 2.31. The zero-order chi connectivity index (χ0) is 10.7. The molecule has 2 N–H and O–H groups in total. The summed E-state index contributed by atoms with van der Waals surface area (Å²) in [5.74, 6) is 0.899. The summed E-state index contributed by atoms with van der Waals surface area (Å²) in [5, 5.41) is 0. The molecule has 0 aromatic heterocycles. The van der Waals surface area contributed by atoms with Gasteiger partial charge >= 0.3 is 0 Å². The largest absolute Gasteiger partial charge is 0.381 e. The molecule has 2 saturated heterocycles. The second-order valence-electron chi connectivity index (χ2n) is 5.21. The van der Waals surface area contributed by atoms with Crippen LogP contribution in [-0.2, 0) is 4.74 Å². The van der Waals surface area contributed by atoms with Crippen molar-refractivity contribution in [1.82, 2.24) is 4.90 Å². The lowest BCUT2D eigenvalue weighted by atomic mass is 9.85. The Kier molecular flexibility index (Phi) is 3.65. The van der Waals surface area contributed by atoms with Crippen LogP contribution in [0.2, 0.25) is 0 Å². The number of hydrogen-bond donors (Lipinski definition) is 1. The summed E-state index contributed by atoms with van der Waals surface area (Å²) in [5.41, 5.74) is 6.27. The molecule has 0 unspecified atom stereocenters. The highest BCUT2D eigenvalue weighted by atomic mass is 16.5. The number of piperidine rings is 1. The smallest absolute Gasteiger partial charge is 0.0484 e. The van der Waals surface area contributed by atoms with Gasteiger partial charge in [-0.05, 0) is 44.7 Å². The summed E-state index contributed by atoms with van der Waals surface area (Å²) in [6, 6.07) is 0. The Balaban J connectivity index is 1.98. The van der Waals surface area contributed by atoms with Crippen molar-refractivity contribution in [3.8, 4) is 0 Å². The molecule has 2 aliphatic rings. The Labute approximate surface area is 93.0 Å². The van der Waals surface area contributed by atoms with E-state index in [0.717, 1.165) is 38.5 Å². The fourth-order valence-corrected chi connectivity index (χ4v) is 2.88. The first-order valence-corrected chi connectivity index (χ1v) is 6.30. The van der Waals surface area contributed by atoms with Crippen LogP contribution in [0.3, 0.4) is 0 Å². The molecule has 0 radical (unpaired) electrons. The van der Waals surface area contributed by atoms with Crippen LogP contribution < -0.4 is 5.73 Å². The lowest BCUT2D eigenvalue weighted by Gasteiger charge is -2.48. The van der Waals surface area contributed by atoms with E-state index in [0.29, 0.717) is 0 Å². The Morgan fingerprint density at radius 3 is 2.40 bits per heavy atom. The molecule has 0 aliphatic carbocycles. The molecule has 15 heavy (non-hydrogen) atoms. The van der Waals surface area contributed by atoms with Crippen molar-refractivity contribution < 1.29 is 4.74 Å². The molecule has 88 valence electrons. The van der Waals surface area contributed by atoms with Gasteiger partial charge in [0.2, 0.25) is 0 Å². The maximum absolute atomic E-state index is 6.01. The van der Waals surface area contributed by atoms with Crippen molar-refractivity contribution in [2.75, 3.05) is 32.8 Å². The van der Waals surface area contributed by atoms with Crippen LogP contribution in [0.25, 0.3) is 0 Å². The van der Waals surface area contributed by atoms with Crippen LogP contribution in [0.4, 0.5) is 0 Å². The molecule has 0 saturated carbocycles. The zero-order valence-electron chi connectivity index (χ0n) is 9.87. The summed E-state index contributed by atoms with van der Waals surface area (Å²) in [6.45, 7) is 7.41. The minimum Gasteiger partial charge on any atom is -0.381 e. The fraction of sp³-hybridized carbons (Fsp3) is 1.00. The van der Waals surface area contributed by atoms with Gasteiger partial charge in [0.1, 0.15) is 0 Å². The first-order chi connectivity index (χ1) is 7.27. The molecule has 2 rings (SSSR count). The Hall–Kier alpha value is -0.120. The topological polar surface area (TPSA) is 38.5 Å². The third-order valence-corrected chi connectivity index (χ3v) is 4.26. The molecular weight excluding hydrogens is 188 g/mol. The SMILES string of the molecule is CC1CCN(C2(CN)CCOCC2)CC1. The number of nitrogens with zero attached hydrogens (tertiary/aromatic N) is 1. The van der Waals surface area contributed by atoms with Crippen LogP contribution in [0.15, 0.2) is 0 Å². The van der Waals surface area contributed by atoms with Crippen LogP contribution >= 0.6 is 0 Å². The third kappa shape index (κ3) is 2.35. The van der Waals surface area contributed by atoms with Crippen molar-refractivity contribution in [2.45, 2.75) is 38.1 Å².